The van der Waals surface area contributed by atoms with Gasteiger partial charge in [0.05, 0.1) is 129 Å². The second kappa shape index (κ2) is 30.5. The Balaban J connectivity index is 0. The second-order valence-electron chi connectivity index (χ2n) is 9.31. The van der Waals surface area contributed by atoms with Gasteiger partial charge in [0.2, 0.25) is 0 Å². The van der Waals surface area contributed by atoms with Crippen LogP contribution in [-0.4, -0.2) is 152 Å². The summed E-state index contributed by atoms with van der Waals surface area (Å²) in [4.78, 5) is 0. The van der Waals surface area contributed by atoms with Gasteiger partial charge < -0.3 is 58.0 Å². The highest BCUT2D eigenvalue weighted by atomic mass is 16.6. The van der Waals surface area contributed by atoms with Crippen molar-refractivity contribution in [2.24, 2.45) is 0 Å². The van der Waals surface area contributed by atoms with E-state index in [4.69, 9.17) is 52.8 Å². The van der Waals surface area contributed by atoms with Gasteiger partial charge in [-0.15, -0.1) is 0 Å². The van der Waals surface area contributed by atoms with Crippen LogP contribution in [0.1, 0.15) is 41.5 Å². The molecule has 0 bridgehead atoms. The maximum Gasteiger partial charge on any atom is 0.0781 e. The number of hydrogen-bond donors (Lipinski definition) is 3. The molecule has 0 aliphatic rings. The number of hydrogen-bond acceptors (Lipinski definition) is 12. The molecule has 3 N–H and O–H groups in total. The molecule has 0 aliphatic carbocycles. The van der Waals surface area contributed by atoms with Crippen LogP contribution in [0, 0.1) is 0 Å². The molecule has 0 aromatic rings. The second-order valence-corrected chi connectivity index (χ2v) is 9.31. The molecule has 0 aliphatic heterocycles. The van der Waals surface area contributed by atoms with Gasteiger partial charge >= 0.3 is 0 Å². The number of rotatable bonds is 27. The Bertz CT molecular complexity index is 462. The van der Waals surface area contributed by atoms with E-state index < -0.39 is 6.10 Å². The first-order chi connectivity index (χ1) is 18.7. The Morgan fingerprint density at radius 1 is 0.436 bits per heavy atom. The van der Waals surface area contributed by atoms with Crippen molar-refractivity contribution in [3.05, 3.63) is 0 Å². The molecule has 0 saturated heterocycles. The molecule has 0 rings (SSSR count). The van der Waals surface area contributed by atoms with E-state index in [2.05, 4.69) is 0 Å². The predicted octanol–water partition coefficient (Wildman–Crippen LogP) is 1.06. The van der Waals surface area contributed by atoms with Crippen molar-refractivity contribution >= 4 is 0 Å². The topological polar surface area (TPSA) is 144 Å². The lowest BCUT2D eigenvalue weighted by Gasteiger charge is -2.22. The Labute approximate surface area is 236 Å². The normalized spacial score (nSPS) is 16.2. The molecule has 12 heteroatoms. The highest BCUT2D eigenvalue weighted by molar-refractivity contribution is 4.58. The lowest BCUT2D eigenvalue weighted by Crippen LogP contribution is -2.29. The Morgan fingerprint density at radius 2 is 0.718 bits per heavy atom. The van der Waals surface area contributed by atoms with Crippen LogP contribution in [0.2, 0.25) is 0 Å². The molecule has 0 spiro atoms. The molecule has 0 fully saturated rings. The molecule has 0 aromatic heterocycles. The SMILES string of the molecule is COCC(C)OCC(C)OCC(C)OCC(C)OCC(C)OCC(C)O.OCCOCCOCCOCCO. The molecule has 0 aromatic carbocycles. The molecule has 0 saturated carbocycles. The molecule has 0 radical (unpaired) electrons. The van der Waals surface area contributed by atoms with Crippen LogP contribution < -0.4 is 0 Å². The molecule has 238 valence electrons. The summed E-state index contributed by atoms with van der Waals surface area (Å²) >= 11 is 0. The highest BCUT2D eigenvalue weighted by Crippen LogP contribution is 2.03. The van der Waals surface area contributed by atoms with Crippen LogP contribution >= 0.6 is 0 Å². The summed E-state index contributed by atoms with van der Waals surface area (Å²) in [6, 6.07) is 0. The average Bonchev–Trinajstić information content (AvgIpc) is 2.91. The molecule has 6 unspecified atom stereocenters. The van der Waals surface area contributed by atoms with Crippen LogP contribution in [-0.2, 0) is 42.6 Å². The molecular weight excluding hydrogens is 516 g/mol. The maximum atomic E-state index is 9.19. The third kappa shape index (κ3) is 33.6. The summed E-state index contributed by atoms with van der Waals surface area (Å²) < 4.78 is 48.3. The van der Waals surface area contributed by atoms with E-state index in [1.54, 1.807) is 14.0 Å². The van der Waals surface area contributed by atoms with Crippen LogP contribution in [0.3, 0.4) is 0 Å². The summed E-state index contributed by atoms with van der Waals surface area (Å²) in [5.74, 6) is 0. The highest BCUT2D eigenvalue weighted by Gasteiger charge is 2.12. The Kier molecular flexibility index (Phi) is 31.8. The summed E-state index contributed by atoms with van der Waals surface area (Å²) in [6.07, 6.45) is -0.524. The van der Waals surface area contributed by atoms with Crippen molar-refractivity contribution in [1.29, 1.82) is 0 Å². The van der Waals surface area contributed by atoms with Gasteiger partial charge in [0.15, 0.2) is 0 Å². The average molecular weight is 575 g/mol. The van der Waals surface area contributed by atoms with Crippen molar-refractivity contribution in [2.75, 3.05) is 99.6 Å². The lowest BCUT2D eigenvalue weighted by atomic mass is 10.3. The third-order valence-corrected chi connectivity index (χ3v) is 4.70. The standard InChI is InChI=1S/C19H40O7.C8H18O5/c1-14(20)8-22-16(3)10-24-18(5)12-26-19(6)13-25-17(4)11-23-15(2)9-21-7;9-1-3-11-5-7-13-8-6-12-4-2-10/h14-20H,8-13H2,1-7H3;9-10H,1-8H2. The predicted molar refractivity (Wildman–Crippen MR) is 147 cm³/mol. The minimum atomic E-state index is -0.463. The number of methoxy groups -OCH3 is 1. The quantitative estimate of drug-likeness (QED) is 0.121. The molecule has 0 heterocycles. The van der Waals surface area contributed by atoms with E-state index in [1.165, 1.54) is 0 Å². The smallest absolute Gasteiger partial charge is 0.0781 e. The Morgan fingerprint density at radius 3 is 1.00 bits per heavy atom. The van der Waals surface area contributed by atoms with Crippen molar-refractivity contribution in [1.82, 2.24) is 0 Å². The number of ether oxygens (including phenoxy) is 9. The molecule has 0 amide bonds. The van der Waals surface area contributed by atoms with Gasteiger partial charge in [-0.2, -0.15) is 0 Å². The fraction of sp³-hybridized carbons (Fsp3) is 1.00. The number of aliphatic hydroxyl groups is 3. The fourth-order valence-electron chi connectivity index (χ4n) is 2.65. The largest absolute Gasteiger partial charge is 0.394 e. The van der Waals surface area contributed by atoms with Crippen molar-refractivity contribution in [3.63, 3.8) is 0 Å². The van der Waals surface area contributed by atoms with Gasteiger partial charge in [-0.1, -0.05) is 0 Å². The van der Waals surface area contributed by atoms with E-state index in [0.29, 0.717) is 79.3 Å². The Hall–Kier alpha value is -0.480. The molecule has 12 nitrogen and oxygen atoms in total. The van der Waals surface area contributed by atoms with Crippen molar-refractivity contribution in [2.45, 2.75) is 78.2 Å². The van der Waals surface area contributed by atoms with Gasteiger partial charge in [-0.25, -0.2) is 0 Å². The van der Waals surface area contributed by atoms with Crippen LogP contribution in [0.4, 0.5) is 0 Å². The van der Waals surface area contributed by atoms with Crippen LogP contribution in [0.5, 0.6) is 0 Å². The first kappa shape index (κ1) is 40.7. The van der Waals surface area contributed by atoms with Gasteiger partial charge in [0.1, 0.15) is 0 Å². The van der Waals surface area contributed by atoms with Gasteiger partial charge in [0.25, 0.3) is 0 Å². The lowest BCUT2D eigenvalue weighted by molar-refractivity contribution is -0.101. The van der Waals surface area contributed by atoms with E-state index >= 15 is 0 Å². The van der Waals surface area contributed by atoms with Crippen LogP contribution in [0.25, 0.3) is 0 Å². The van der Waals surface area contributed by atoms with E-state index in [-0.39, 0.29) is 43.7 Å². The minimum Gasteiger partial charge on any atom is -0.394 e. The summed E-state index contributed by atoms with van der Waals surface area (Å²) in [6.45, 7) is 17.1. The van der Waals surface area contributed by atoms with E-state index in [0.717, 1.165) is 0 Å². The van der Waals surface area contributed by atoms with Gasteiger partial charge in [-0.05, 0) is 41.5 Å². The minimum absolute atomic E-state index is 0.000874. The maximum absolute atomic E-state index is 9.19. The number of aliphatic hydroxyl groups excluding tert-OH is 3. The first-order valence-electron chi connectivity index (χ1n) is 13.9. The van der Waals surface area contributed by atoms with E-state index in [9.17, 15) is 5.11 Å². The van der Waals surface area contributed by atoms with Crippen molar-refractivity contribution < 1.29 is 58.0 Å². The zero-order valence-corrected chi connectivity index (χ0v) is 25.4. The van der Waals surface area contributed by atoms with Gasteiger partial charge in [0, 0.05) is 7.11 Å². The van der Waals surface area contributed by atoms with E-state index in [1.807, 2.05) is 34.6 Å². The van der Waals surface area contributed by atoms with Gasteiger partial charge in [-0.3, -0.25) is 0 Å². The monoisotopic (exact) mass is 574 g/mol. The molecular formula is C27H58O12. The fourth-order valence-corrected chi connectivity index (χ4v) is 2.65. The zero-order chi connectivity index (χ0) is 29.7. The third-order valence-electron chi connectivity index (χ3n) is 4.70. The summed E-state index contributed by atoms with van der Waals surface area (Å²) in [5.41, 5.74) is 0. The molecule has 39 heavy (non-hydrogen) atoms. The summed E-state index contributed by atoms with van der Waals surface area (Å²) in [5, 5.41) is 25.9. The van der Waals surface area contributed by atoms with Crippen LogP contribution in [0.15, 0.2) is 0 Å². The van der Waals surface area contributed by atoms with Crippen molar-refractivity contribution in [3.8, 4) is 0 Å². The molecule has 6 atom stereocenters. The first-order valence-corrected chi connectivity index (χ1v) is 13.9. The summed E-state index contributed by atoms with van der Waals surface area (Å²) in [7, 11) is 1.66. The zero-order valence-electron chi connectivity index (χ0n) is 25.4.